The van der Waals surface area contributed by atoms with Crippen molar-refractivity contribution in [3.8, 4) is 0 Å². The number of nitrogens with two attached hydrogens (primary N) is 1. The number of hydrogen-bond donors (Lipinski definition) is 2. The second kappa shape index (κ2) is 3.82. The van der Waals surface area contributed by atoms with E-state index in [0.717, 1.165) is 30.2 Å². The van der Waals surface area contributed by atoms with E-state index in [1.165, 1.54) is 11.1 Å². The Morgan fingerprint density at radius 1 is 1.47 bits per heavy atom. The number of hydrogen-bond acceptors (Lipinski definition) is 2. The SMILES string of the molecule is NC1(C(=O)NC2CCc3c(Br)cccc32)CC1. The van der Waals surface area contributed by atoms with Crippen LogP contribution in [-0.4, -0.2) is 11.4 Å². The summed E-state index contributed by atoms with van der Waals surface area (Å²) >= 11 is 3.56. The van der Waals surface area contributed by atoms with Crippen molar-refractivity contribution >= 4 is 21.8 Å². The van der Waals surface area contributed by atoms with Crippen LogP contribution in [0.5, 0.6) is 0 Å². The largest absolute Gasteiger partial charge is 0.348 e. The number of benzene rings is 1. The summed E-state index contributed by atoms with van der Waals surface area (Å²) in [7, 11) is 0. The van der Waals surface area contributed by atoms with Crippen LogP contribution >= 0.6 is 15.9 Å². The molecule has 3 N–H and O–H groups in total. The average molecular weight is 295 g/mol. The molecule has 1 aromatic rings. The molecule has 2 aliphatic carbocycles. The van der Waals surface area contributed by atoms with Crippen LogP contribution < -0.4 is 11.1 Å². The molecule has 2 aliphatic rings. The lowest BCUT2D eigenvalue weighted by Gasteiger charge is -2.17. The first-order valence-corrected chi connectivity index (χ1v) is 6.77. The van der Waals surface area contributed by atoms with Crippen molar-refractivity contribution in [2.24, 2.45) is 5.73 Å². The number of carbonyl (C=O) groups is 1. The topological polar surface area (TPSA) is 55.1 Å². The second-order valence-electron chi connectivity index (χ2n) is 5.03. The number of nitrogens with one attached hydrogen (secondary N) is 1. The smallest absolute Gasteiger partial charge is 0.240 e. The van der Waals surface area contributed by atoms with Gasteiger partial charge < -0.3 is 11.1 Å². The van der Waals surface area contributed by atoms with E-state index in [4.69, 9.17) is 5.73 Å². The van der Waals surface area contributed by atoms with Crippen molar-refractivity contribution in [1.82, 2.24) is 5.32 Å². The van der Waals surface area contributed by atoms with Crippen molar-refractivity contribution in [3.05, 3.63) is 33.8 Å². The van der Waals surface area contributed by atoms with Gasteiger partial charge in [-0.2, -0.15) is 0 Å². The molecule has 0 saturated heterocycles. The van der Waals surface area contributed by atoms with E-state index in [1.54, 1.807) is 0 Å². The summed E-state index contributed by atoms with van der Waals surface area (Å²) in [5.74, 6) is 0.00956. The van der Waals surface area contributed by atoms with Crippen LogP contribution in [0, 0.1) is 0 Å². The van der Waals surface area contributed by atoms with Crippen LogP contribution in [0.3, 0.4) is 0 Å². The third kappa shape index (κ3) is 1.89. The maximum absolute atomic E-state index is 11.9. The number of rotatable bonds is 2. The maximum atomic E-state index is 11.9. The molecule has 1 atom stereocenters. The molecule has 1 amide bonds. The van der Waals surface area contributed by atoms with E-state index in [2.05, 4.69) is 27.3 Å². The zero-order chi connectivity index (χ0) is 12.0. The van der Waals surface area contributed by atoms with Gasteiger partial charge in [-0.15, -0.1) is 0 Å². The normalized spacial score (nSPS) is 24.2. The van der Waals surface area contributed by atoms with Crippen molar-refractivity contribution in [2.45, 2.75) is 37.3 Å². The number of halogens is 1. The summed E-state index contributed by atoms with van der Waals surface area (Å²) in [5, 5.41) is 3.08. The van der Waals surface area contributed by atoms with Gasteiger partial charge in [-0.3, -0.25) is 4.79 Å². The van der Waals surface area contributed by atoms with Gasteiger partial charge in [0.25, 0.3) is 0 Å². The zero-order valence-corrected chi connectivity index (χ0v) is 11.1. The number of carbonyl (C=O) groups excluding carboxylic acids is 1. The van der Waals surface area contributed by atoms with Gasteiger partial charge in [-0.1, -0.05) is 28.1 Å². The van der Waals surface area contributed by atoms with E-state index in [9.17, 15) is 4.79 Å². The lowest BCUT2D eigenvalue weighted by Crippen LogP contribution is -2.43. The van der Waals surface area contributed by atoms with Crippen molar-refractivity contribution < 1.29 is 4.79 Å². The van der Waals surface area contributed by atoms with Gasteiger partial charge in [0.2, 0.25) is 5.91 Å². The first kappa shape index (κ1) is 11.2. The molecule has 0 spiro atoms. The molecule has 4 heteroatoms. The molecule has 3 rings (SSSR count). The summed E-state index contributed by atoms with van der Waals surface area (Å²) < 4.78 is 1.14. The monoisotopic (exact) mass is 294 g/mol. The minimum Gasteiger partial charge on any atom is -0.348 e. The standard InChI is InChI=1S/C13H15BrN2O/c14-10-3-1-2-9-8(10)4-5-11(9)16-12(17)13(15)6-7-13/h1-3,11H,4-7,15H2,(H,16,17). The summed E-state index contributed by atoms with van der Waals surface area (Å²) in [5.41, 5.74) is 7.87. The van der Waals surface area contributed by atoms with Crippen LogP contribution in [0.4, 0.5) is 0 Å². The molecular weight excluding hydrogens is 280 g/mol. The summed E-state index contributed by atoms with van der Waals surface area (Å²) in [6, 6.07) is 6.29. The molecule has 1 fully saturated rings. The Bertz CT molecular complexity index is 482. The first-order valence-electron chi connectivity index (χ1n) is 5.97. The van der Waals surface area contributed by atoms with Gasteiger partial charge in [0.1, 0.15) is 0 Å². The quantitative estimate of drug-likeness (QED) is 0.877. The molecule has 1 aromatic carbocycles. The van der Waals surface area contributed by atoms with Crippen LogP contribution in [0.2, 0.25) is 0 Å². The van der Waals surface area contributed by atoms with Gasteiger partial charge >= 0.3 is 0 Å². The highest BCUT2D eigenvalue weighted by molar-refractivity contribution is 9.10. The van der Waals surface area contributed by atoms with Crippen LogP contribution in [0.25, 0.3) is 0 Å². The number of fused-ring (bicyclic) bond motifs is 1. The van der Waals surface area contributed by atoms with Gasteiger partial charge in [0.05, 0.1) is 11.6 Å². The first-order chi connectivity index (χ1) is 8.10. The van der Waals surface area contributed by atoms with Gasteiger partial charge in [-0.05, 0) is 42.9 Å². The molecule has 0 bridgehead atoms. The fraction of sp³-hybridized carbons (Fsp3) is 0.462. The van der Waals surface area contributed by atoms with Crippen LogP contribution in [0.15, 0.2) is 22.7 Å². The molecular formula is C13H15BrN2O. The summed E-state index contributed by atoms with van der Waals surface area (Å²) in [4.78, 5) is 11.9. The molecule has 3 nitrogen and oxygen atoms in total. The molecule has 17 heavy (non-hydrogen) atoms. The Labute approximate surface area is 109 Å². The lowest BCUT2D eigenvalue weighted by molar-refractivity contribution is -0.124. The fourth-order valence-corrected chi connectivity index (χ4v) is 3.00. The second-order valence-corrected chi connectivity index (χ2v) is 5.88. The van der Waals surface area contributed by atoms with Crippen molar-refractivity contribution in [1.29, 1.82) is 0 Å². The molecule has 90 valence electrons. The molecule has 0 aromatic heterocycles. The molecule has 0 heterocycles. The van der Waals surface area contributed by atoms with Crippen LogP contribution in [-0.2, 0) is 11.2 Å². The van der Waals surface area contributed by atoms with Gasteiger partial charge in [0, 0.05) is 4.47 Å². The van der Waals surface area contributed by atoms with E-state index < -0.39 is 5.54 Å². The minimum absolute atomic E-state index is 0.00956. The molecule has 0 radical (unpaired) electrons. The third-order valence-corrected chi connectivity index (χ3v) is 4.50. The van der Waals surface area contributed by atoms with E-state index in [-0.39, 0.29) is 11.9 Å². The Morgan fingerprint density at radius 2 is 2.24 bits per heavy atom. The summed E-state index contributed by atoms with van der Waals surface area (Å²) in [6.07, 6.45) is 3.62. The van der Waals surface area contributed by atoms with E-state index in [1.807, 2.05) is 12.1 Å². The Kier molecular flexibility index (Phi) is 2.52. The van der Waals surface area contributed by atoms with E-state index >= 15 is 0 Å². The van der Waals surface area contributed by atoms with Gasteiger partial charge in [-0.25, -0.2) is 0 Å². The van der Waals surface area contributed by atoms with Crippen LogP contribution in [0.1, 0.15) is 36.4 Å². The molecule has 1 saturated carbocycles. The van der Waals surface area contributed by atoms with E-state index in [0.29, 0.717) is 0 Å². The minimum atomic E-state index is -0.575. The summed E-state index contributed by atoms with van der Waals surface area (Å²) in [6.45, 7) is 0. The molecule has 0 aliphatic heterocycles. The fourth-order valence-electron chi connectivity index (χ4n) is 2.42. The Morgan fingerprint density at radius 3 is 2.94 bits per heavy atom. The lowest BCUT2D eigenvalue weighted by atomic mass is 10.1. The maximum Gasteiger partial charge on any atom is 0.240 e. The Hall–Kier alpha value is -0.870. The van der Waals surface area contributed by atoms with Crippen molar-refractivity contribution in [3.63, 3.8) is 0 Å². The predicted octanol–water partition coefficient (Wildman–Crippen LogP) is 2.04. The van der Waals surface area contributed by atoms with Crippen molar-refractivity contribution in [2.75, 3.05) is 0 Å². The highest BCUT2D eigenvalue weighted by atomic mass is 79.9. The zero-order valence-electron chi connectivity index (χ0n) is 9.50. The highest BCUT2D eigenvalue weighted by Gasteiger charge is 2.46. The Balaban J connectivity index is 1.80. The third-order valence-electron chi connectivity index (χ3n) is 3.76. The van der Waals surface area contributed by atoms with Gasteiger partial charge in [0.15, 0.2) is 0 Å². The predicted molar refractivity (Wildman–Crippen MR) is 69.5 cm³/mol. The highest BCUT2D eigenvalue weighted by Crippen LogP contribution is 2.38. The molecule has 1 unspecified atom stereocenters. The average Bonchev–Trinajstić information content (AvgIpc) is 2.92. The number of amides is 1.